The minimum atomic E-state index is -1.10. The van der Waals surface area contributed by atoms with Crippen molar-refractivity contribution in [1.29, 1.82) is 0 Å². The summed E-state index contributed by atoms with van der Waals surface area (Å²) >= 11 is 5.99. The molecule has 0 saturated carbocycles. The molecule has 0 spiro atoms. The minimum Gasteiger partial charge on any atom is -0.480 e. The van der Waals surface area contributed by atoms with Crippen LogP contribution in [0, 0.1) is 0 Å². The lowest BCUT2D eigenvalue weighted by atomic mass is 10.1. The van der Waals surface area contributed by atoms with Crippen LogP contribution in [0.5, 0.6) is 11.5 Å². The van der Waals surface area contributed by atoms with Crippen molar-refractivity contribution in [2.75, 3.05) is 6.79 Å². The van der Waals surface area contributed by atoms with Crippen LogP contribution in [0.2, 0.25) is 5.02 Å². The average Bonchev–Trinajstić information content (AvgIpc) is 2.91. The monoisotopic (exact) mass is 311 g/mol. The quantitative estimate of drug-likeness (QED) is 0.814. The predicted octanol–water partition coefficient (Wildman–Crippen LogP) is 2.22. The molecule has 1 amide bonds. The number of fused-ring (bicyclic) bond motifs is 1. The smallest absolute Gasteiger partial charge is 0.326 e. The van der Waals surface area contributed by atoms with E-state index in [2.05, 4.69) is 5.32 Å². The Hall–Kier alpha value is -2.21. The number of allylic oxidation sites excluding steroid dienone is 1. The fourth-order valence-corrected chi connectivity index (χ4v) is 2.10. The van der Waals surface area contributed by atoms with E-state index in [-0.39, 0.29) is 23.8 Å². The van der Waals surface area contributed by atoms with Crippen LogP contribution in [0.4, 0.5) is 0 Å². The molecule has 7 heteroatoms. The van der Waals surface area contributed by atoms with Gasteiger partial charge in [-0.25, -0.2) is 4.79 Å². The fourth-order valence-electron chi connectivity index (χ4n) is 1.83. The van der Waals surface area contributed by atoms with Gasteiger partial charge in [-0.2, -0.15) is 0 Å². The Morgan fingerprint density at radius 3 is 2.90 bits per heavy atom. The van der Waals surface area contributed by atoms with Crippen LogP contribution in [0.3, 0.4) is 0 Å². The minimum absolute atomic E-state index is 0.0408. The van der Waals surface area contributed by atoms with Crippen LogP contribution < -0.4 is 14.8 Å². The van der Waals surface area contributed by atoms with Crippen LogP contribution in [-0.4, -0.2) is 29.8 Å². The van der Waals surface area contributed by atoms with Gasteiger partial charge in [-0.1, -0.05) is 23.8 Å². The molecular weight excluding hydrogens is 298 g/mol. The summed E-state index contributed by atoms with van der Waals surface area (Å²) < 4.78 is 10.3. The third kappa shape index (κ3) is 3.46. The third-order valence-electron chi connectivity index (χ3n) is 2.90. The van der Waals surface area contributed by atoms with Gasteiger partial charge < -0.3 is 19.9 Å². The summed E-state index contributed by atoms with van der Waals surface area (Å²) in [6.45, 7) is 1.82. The summed E-state index contributed by atoms with van der Waals surface area (Å²) in [5.74, 6) is -0.884. The van der Waals surface area contributed by atoms with Gasteiger partial charge in [0.2, 0.25) is 6.79 Å². The largest absolute Gasteiger partial charge is 0.480 e. The van der Waals surface area contributed by atoms with Crippen molar-refractivity contribution in [3.63, 3.8) is 0 Å². The van der Waals surface area contributed by atoms with E-state index in [4.69, 9.17) is 26.2 Å². The molecule has 1 aromatic carbocycles. The lowest BCUT2D eigenvalue weighted by Gasteiger charge is -2.13. The number of rotatable bonds is 5. The highest BCUT2D eigenvalue weighted by atomic mass is 35.5. The normalized spacial score (nSPS) is 14.2. The molecule has 1 heterocycles. The molecule has 112 valence electrons. The van der Waals surface area contributed by atoms with E-state index < -0.39 is 17.9 Å². The molecule has 1 aliphatic rings. The van der Waals surface area contributed by atoms with E-state index in [0.717, 1.165) is 0 Å². The first-order chi connectivity index (χ1) is 10.0. The van der Waals surface area contributed by atoms with Gasteiger partial charge in [0.15, 0.2) is 11.5 Å². The molecule has 6 nitrogen and oxygen atoms in total. The molecule has 1 aliphatic heterocycles. The molecule has 1 aromatic rings. The van der Waals surface area contributed by atoms with Crippen molar-refractivity contribution in [3.8, 4) is 11.5 Å². The summed E-state index contributed by atoms with van der Waals surface area (Å²) in [6.07, 6.45) is 3.60. The maximum Gasteiger partial charge on any atom is 0.326 e. The summed E-state index contributed by atoms with van der Waals surface area (Å²) in [4.78, 5) is 23.2. The van der Waals surface area contributed by atoms with E-state index in [1.807, 2.05) is 0 Å². The van der Waals surface area contributed by atoms with Crippen molar-refractivity contribution < 1.29 is 24.2 Å². The molecule has 0 bridgehead atoms. The number of amides is 1. The van der Waals surface area contributed by atoms with E-state index in [9.17, 15) is 9.59 Å². The van der Waals surface area contributed by atoms with Gasteiger partial charge in [-0.05, 0) is 25.5 Å². The standard InChI is InChI=1S/C14H14ClNO5/c1-2-3-4-10(14(18)19)16-13(17)8-5-9(15)12-11(6-8)20-7-21-12/h2-3,5-6,10H,4,7H2,1H3,(H,16,17)(H,18,19)/b3-2+. The number of carboxylic acids is 1. The second-order valence-electron chi connectivity index (χ2n) is 4.36. The first-order valence-corrected chi connectivity index (χ1v) is 6.64. The summed E-state index contributed by atoms with van der Waals surface area (Å²) in [5.41, 5.74) is 0.218. The summed E-state index contributed by atoms with van der Waals surface area (Å²) in [5, 5.41) is 11.8. The molecule has 2 rings (SSSR count). The highest BCUT2D eigenvalue weighted by Gasteiger charge is 2.23. The van der Waals surface area contributed by atoms with Crippen molar-refractivity contribution in [2.24, 2.45) is 0 Å². The number of carboxylic acid groups (broad SMARTS) is 1. The number of halogens is 1. The Morgan fingerprint density at radius 2 is 2.24 bits per heavy atom. The Balaban J connectivity index is 2.16. The second-order valence-corrected chi connectivity index (χ2v) is 4.77. The molecule has 0 aliphatic carbocycles. The highest BCUT2D eigenvalue weighted by molar-refractivity contribution is 6.32. The number of benzene rings is 1. The fraction of sp³-hybridized carbons (Fsp3) is 0.286. The number of nitrogens with one attached hydrogen (secondary N) is 1. The number of hydrogen-bond acceptors (Lipinski definition) is 4. The van der Waals surface area contributed by atoms with Gasteiger partial charge >= 0.3 is 5.97 Å². The molecule has 1 unspecified atom stereocenters. The predicted molar refractivity (Wildman–Crippen MR) is 75.9 cm³/mol. The zero-order chi connectivity index (χ0) is 15.4. The number of ether oxygens (including phenoxy) is 2. The topological polar surface area (TPSA) is 84.9 Å². The van der Waals surface area contributed by atoms with E-state index in [1.165, 1.54) is 12.1 Å². The number of hydrogen-bond donors (Lipinski definition) is 2. The number of aliphatic carboxylic acids is 1. The van der Waals surface area contributed by atoms with E-state index in [0.29, 0.717) is 11.5 Å². The van der Waals surface area contributed by atoms with Crippen LogP contribution in [-0.2, 0) is 4.79 Å². The molecule has 0 saturated heterocycles. The lowest BCUT2D eigenvalue weighted by molar-refractivity contribution is -0.139. The molecule has 0 fully saturated rings. The van der Waals surface area contributed by atoms with Gasteiger partial charge in [-0.15, -0.1) is 0 Å². The van der Waals surface area contributed by atoms with Crippen molar-refractivity contribution in [1.82, 2.24) is 5.32 Å². The Labute approximate surface area is 126 Å². The Morgan fingerprint density at radius 1 is 1.48 bits per heavy atom. The van der Waals surface area contributed by atoms with Gasteiger partial charge in [0.1, 0.15) is 6.04 Å². The zero-order valence-electron chi connectivity index (χ0n) is 11.3. The Bertz CT molecular complexity index is 599. The summed E-state index contributed by atoms with van der Waals surface area (Å²) in [6, 6.07) is 1.88. The van der Waals surface area contributed by atoms with E-state index >= 15 is 0 Å². The van der Waals surface area contributed by atoms with Crippen LogP contribution in [0.15, 0.2) is 24.3 Å². The van der Waals surface area contributed by atoms with Crippen molar-refractivity contribution in [3.05, 3.63) is 34.9 Å². The van der Waals surface area contributed by atoms with Gasteiger partial charge in [-0.3, -0.25) is 4.79 Å². The Kier molecular flexibility index (Phi) is 4.70. The lowest BCUT2D eigenvalue weighted by Crippen LogP contribution is -2.40. The van der Waals surface area contributed by atoms with Crippen molar-refractivity contribution in [2.45, 2.75) is 19.4 Å². The highest BCUT2D eigenvalue weighted by Crippen LogP contribution is 2.39. The maximum absolute atomic E-state index is 12.1. The first kappa shape index (κ1) is 15.2. The molecule has 21 heavy (non-hydrogen) atoms. The SMILES string of the molecule is C/C=C/CC(NC(=O)c1cc(Cl)c2c(c1)OCO2)C(=O)O. The number of carbonyl (C=O) groups excluding carboxylic acids is 1. The molecular formula is C14H14ClNO5. The van der Waals surface area contributed by atoms with Gasteiger partial charge in [0.25, 0.3) is 5.91 Å². The molecule has 1 atom stereocenters. The van der Waals surface area contributed by atoms with Gasteiger partial charge in [0, 0.05) is 5.56 Å². The molecule has 0 aromatic heterocycles. The van der Waals surface area contributed by atoms with Gasteiger partial charge in [0.05, 0.1) is 5.02 Å². The molecule has 2 N–H and O–H groups in total. The first-order valence-electron chi connectivity index (χ1n) is 6.27. The number of carbonyl (C=O) groups is 2. The van der Waals surface area contributed by atoms with Crippen LogP contribution >= 0.6 is 11.6 Å². The zero-order valence-corrected chi connectivity index (χ0v) is 12.0. The second kappa shape index (κ2) is 6.49. The molecule has 0 radical (unpaired) electrons. The van der Waals surface area contributed by atoms with E-state index in [1.54, 1.807) is 19.1 Å². The van der Waals surface area contributed by atoms with Crippen molar-refractivity contribution >= 4 is 23.5 Å². The third-order valence-corrected chi connectivity index (χ3v) is 3.18. The average molecular weight is 312 g/mol. The van der Waals surface area contributed by atoms with Crippen LogP contribution in [0.1, 0.15) is 23.7 Å². The summed E-state index contributed by atoms with van der Waals surface area (Å²) in [7, 11) is 0. The van der Waals surface area contributed by atoms with Crippen LogP contribution in [0.25, 0.3) is 0 Å². The maximum atomic E-state index is 12.1.